The molecule has 75 heavy (non-hydrogen) atoms. The summed E-state index contributed by atoms with van der Waals surface area (Å²) in [6.45, 7) is 3.12. The first-order chi connectivity index (χ1) is 35.9. The number of aliphatic carboxylic acids is 1. The minimum Gasteiger partial charge on any atom is -0.481 e. The summed E-state index contributed by atoms with van der Waals surface area (Å²) in [5.74, 6) is -9.35. The Morgan fingerprint density at radius 2 is 1.32 bits per heavy atom. The van der Waals surface area contributed by atoms with Gasteiger partial charge in [0.1, 0.15) is 42.6 Å². The number of benzene rings is 2. The highest BCUT2D eigenvalue weighted by molar-refractivity contribution is 6.02. The average molecular weight is 1040 g/mol. The fraction of sp³-hybridized carbons (Fsp3) is 0.480. The van der Waals surface area contributed by atoms with E-state index in [1.165, 1.54) is 12.6 Å². The second kappa shape index (κ2) is 28.3. The molecule has 1 unspecified atom stereocenters. The van der Waals surface area contributed by atoms with Crippen LogP contribution in [-0.4, -0.2) is 143 Å². The number of guanidine groups is 1. The van der Waals surface area contributed by atoms with E-state index >= 15 is 0 Å². The second-order valence-electron chi connectivity index (χ2n) is 18.5. The third-order valence-electron chi connectivity index (χ3n) is 12.5. The van der Waals surface area contributed by atoms with E-state index in [9.17, 15) is 48.3 Å². The lowest BCUT2D eigenvalue weighted by molar-refractivity contribution is -0.144. The normalized spacial score (nSPS) is 24.1. The van der Waals surface area contributed by atoms with Gasteiger partial charge in [-0.2, -0.15) is 0 Å². The Kier molecular flexibility index (Phi) is 21.8. The van der Waals surface area contributed by atoms with Crippen molar-refractivity contribution in [3.8, 4) is 0 Å². The summed E-state index contributed by atoms with van der Waals surface area (Å²) in [7, 11) is 0. The van der Waals surface area contributed by atoms with Gasteiger partial charge in [-0.1, -0.05) is 61.9 Å². The topological polar surface area (TPSA) is 401 Å². The van der Waals surface area contributed by atoms with Gasteiger partial charge in [0.15, 0.2) is 11.6 Å². The summed E-state index contributed by atoms with van der Waals surface area (Å²) in [6, 6.07) is 5.85. The van der Waals surface area contributed by atoms with Crippen LogP contribution in [0.25, 0.3) is 10.9 Å². The van der Waals surface area contributed by atoms with Gasteiger partial charge in [0, 0.05) is 56.0 Å². The van der Waals surface area contributed by atoms with Gasteiger partial charge >= 0.3 is 5.97 Å². The van der Waals surface area contributed by atoms with Crippen molar-refractivity contribution >= 4 is 82.6 Å². The number of H-pyrrole nitrogens is 1. The van der Waals surface area contributed by atoms with Crippen LogP contribution >= 0.6 is 0 Å². The second-order valence-corrected chi connectivity index (χ2v) is 18.5. The number of carboxylic acids is 1. The van der Waals surface area contributed by atoms with Crippen LogP contribution in [0.1, 0.15) is 89.2 Å². The highest BCUT2D eigenvalue weighted by atomic mass is 16.4. The van der Waals surface area contributed by atoms with Gasteiger partial charge in [-0.25, -0.2) is 4.99 Å². The number of aliphatic imine (C=N–C) groups is 3. The Balaban J connectivity index is 1.69. The molecule has 8 amide bonds. The maximum absolute atomic E-state index is 14.8. The van der Waals surface area contributed by atoms with Gasteiger partial charge in [-0.15, -0.1) is 0 Å². The van der Waals surface area contributed by atoms with Crippen molar-refractivity contribution in [2.75, 3.05) is 13.1 Å². The van der Waals surface area contributed by atoms with Crippen molar-refractivity contribution in [1.82, 2.24) is 47.5 Å². The number of aromatic amines is 1. The van der Waals surface area contributed by atoms with Crippen molar-refractivity contribution in [3.63, 3.8) is 0 Å². The quantitative estimate of drug-likeness (QED) is 0.0350. The number of nitrogens with two attached hydrogens (primary N) is 3. The van der Waals surface area contributed by atoms with Crippen molar-refractivity contribution < 1.29 is 48.3 Å². The summed E-state index contributed by atoms with van der Waals surface area (Å²) in [5, 5.41) is 31.9. The van der Waals surface area contributed by atoms with E-state index in [1.54, 1.807) is 49.5 Å². The number of hydrogen-bond acceptors (Lipinski definition) is 13. The number of carbonyl (C=O) groups is 9. The number of para-hydroxylation sites is 1. The predicted molar refractivity (Wildman–Crippen MR) is 278 cm³/mol. The number of aromatic nitrogens is 1. The van der Waals surface area contributed by atoms with Gasteiger partial charge in [0.05, 0.1) is 12.5 Å². The molecule has 1 aromatic heterocycles. The molecule has 25 nitrogen and oxygen atoms in total. The van der Waals surface area contributed by atoms with Crippen LogP contribution in [0.2, 0.25) is 0 Å². The Morgan fingerprint density at radius 3 is 1.96 bits per heavy atom. The lowest BCUT2D eigenvalue weighted by Gasteiger charge is -2.36. The maximum atomic E-state index is 14.8. The third-order valence-corrected chi connectivity index (χ3v) is 12.5. The standard InChI is InChI=1S/C50H69N15O10/c1-3-4-19-50(64-29(2)66)48(75)63-40(25-41(67)68)46(73)62-39(24-32-27-54-28-57-32)45(72)60-37(22-30-13-6-5-7-14-30)43(70)58-35(18-12-21-55-49(52)53)42(69)61-38(23-31-26-56-34-16-9-8-15-33(31)34)44(71)59-36(47(74)65-50)17-10-11-20-51/h5-9,13-16,26-28,32,35-40,56H,3-4,10-12,17-25,51H2,1-2H3,(H,58,70)(H,59,71)(H,60,72)(H,61,69)(H,62,73)(H,63,75)(H,64,66)(H,65,74)(H,67,68)(H4,52,53,55)/t32?,35-,36-,37+,38-,39-,40-,50+/m0/s1. The molecule has 2 aliphatic heterocycles. The number of nitrogens with zero attached hydrogens (tertiary/aromatic N) is 3. The summed E-state index contributed by atoms with van der Waals surface area (Å²) < 4.78 is 0. The van der Waals surface area contributed by atoms with Crippen LogP contribution in [0.4, 0.5) is 0 Å². The highest BCUT2D eigenvalue weighted by Crippen LogP contribution is 2.21. The zero-order chi connectivity index (χ0) is 54.5. The van der Waals surface area contributed by atoms with E-state index in [4.69, 9.17) is 17.2 Å². The monoisotopic (exact) mass is 1040 g/mol. The summed E-state index contributed by atoms with van der Waals surface area (Å²) in [6.07, 6.45) is 3.78. The molecule has 2 aliphatic rings. The SMILES string of the molecule is CCCC[C@@]1(NC(C)=O)NC(=O)[C@H](CCCCN)NC(=O)[C@H](Cc2c[nH]c3ccccc23)NC(=O)[C@H](CCCN=C(N)N)NC(=O)[C@@H](Cc2ccccc2)NC(=O)[C@H](CC2C=NC=N2)NC(=O)[C@H](CC(=O)O)NC1=O. The van der Waals surface area contributed by atoms with Crippen LogP contribution in [-0.2, 0) is 56.0 Å². The van der Waals surface area contributed by atoms with E-state index < -0.39 is 108 Å². The predicted octanol–water partition coefficient (Wildman–Crippen LogP) is -1.46. The van der Waals surface area contributed by atoms with Crippen molar-refractivity contribution in [1.29, 1.82) is 0 Å². The molecule has 3 heterocycles. The number of amides is 8. The smallest absolute Gasteiger partial charge is 0.305 e. The van der Waals surface area contributed by atoms with E-state index in [0.717, 1.165) is 17.8 Å². The minimum absolute atomic E-state index is 0.0395. The summed E-state index contributed by atoms with van der Waals surface area (Å²) in [4.78, 5) is 144. The fourth-order valence-corrected chi connectivity index (χ4v) is 8.67. The van der Waals surface area contributed by atoms with Crippen LogP contribution in [0, 0.1) is 0 Å². The van der Waals surface area contributed by atoms with E-state index in [-0.39, 0.29) is 76.8 Å². The molecule has 0 aliphatic carbocycles. The molecular weight excluding hydrogens is 971 g/mol. The number of carbonyl (C=O) groups excluding carboxylic acids is 8. The Morgan fingerprint density at radius 1 is 0.720 bits per heavy atom. The van der Waals surface area contributed by atoms with Gasteiger partial charge in [-0.3, -0.25) is 53.1 Å². The fourth-order valence-electron chi connectivity index (χ4n) is 8.67. The molecule has 404 valence electrons. The molecular formula is C50H69N15O10. The van der Waals surface area contributed by atoms with Crippen molar-refractivity contribution in [2.24, 2.45) is 32.2 Å². The van der Waals surface area contributed by atoms with Crippen LogP contribution < -0.4 is 59.7 Å². The molecule has 25 heteroatoms. The van der Waals surface area contributed by atoms with E-state index in [2.05, 4.69) is 62.5 Å². The first-order valence-corrected chi connectivity index (χ1v) is 25.0. The summed E-state index contributed by atoms with van der Waals surface area (Å²) >= 11 is 0. The van der Waals surface area contributed by atoms with Crippen LogP contribution in [0.5, 0.6) is 0 Å². The zero-order valence-corrected chi connectivity index (χ0v) is 42.1. The highest BCUT2D eigenvalue weighted by Gasteiger charge is 2.45. The molecule has 0 radical (unpaired) electrons. The largest absolute Gasteiger partial charge is 0.481 e. The van der Waals surface area contributed by atoms with Crippen LogP contribution in [0.15, 0.2) is 75.8 Å². The Bertz CT molecular complexity index is 2590. The maximum Gasteiger partial charge on any atom is 0.305 e. The van der Waals surface area contributed by atoms with Crippen LogP contribution in [0.3, 0.4) is 0 Å². The van der Waals surface area contributed by atoms with Gasteiger partial charge in [0.2, 0.25) is 41.4 Å². The minimum atomic E-state index is -2.35. The summed E-state index contributed by atoms with van der Waals surface area (Å²) in [5.41, 5.74) is 16.6. The zero-order valence-electron chi connectivity index (χ0n) is 42.1. The molecule has 5 rings (SSSR count). The molecule has 1 fully saturated rings. The average Bonchev–Trinajstić information content (AvgIpc) is 4.05. The van der Waals surface area contributed by atoms with Gasteiger partial charge in [0.25, 0.3) is 5.91 Å². The molecule has 2 aromatic carbocycles. The number of hydrogen-bond donors (Lipinski definition) is 13. The number of unbranched alkanes of at least 4 members (excludes halogenated alkanes) is 2. The first-order valence-electron chi connectivity index (χ1n) is 25.0. The molecule has 3 aromatic rings. The molecule has 0 spiro atoms. The van der Waals surface area contributed by atoms with E-state index in [0.29, 0.717) is 24.0 Å². The van der Waals surface area contributed by atoms with Crippen molar-refractivity contribution in [2.45, 2.75) is 139 Å². The molecule has 1 saturated heterocycles. The Hall–Kier alpha value is -8.22. The molecule has 0 bridgehead atoms. The van der Waals surface area contributed by atoms with Gasteiger partial charge in [-0.05, 0) is 68.7 Å². The van der Waals surface area contributed by atoms with Crippen molar-refractivity contribution in [3.05, 3.63) is 71.9 Å². The van der Waals surface area contributed by atoms with E-state index in [1.807, 2.05) is 18.2 Å². The Labute approximate surface area is 433 Å². The molecule has 8 atom stereocenters. The lowest BCUT2D eigenvalue weighted by atomic mass is 9.97. The van der Waals surface area contributed by atoms with Gasteiger partial charge < -0.3 is 69.8 Å². The lowest BCUT2D eigenvalue weighted by Crippen LogP contribution is -2.71. The number of fused-ring (bicyclic) bond motifs is 1. The number of nitrogens with one attached hydrogen (secondary N) is 9. The molecule has 16 N–H and O–H groups in total. The number of rotatable bonds is 20. The third kappa shape index (κ3) is 17.5. The first kappa shape index (κ1) is 57.7. The number of carboxylic acid groups (broad SMARTS) is 1. The molecule has 0 saturated carbocycles.